The van der Waals surface area contributed by atoms with Gasteiger partial charge in [0.05, 0.1) is 16.6 Å². The first-order valence-electron chi connectivity index (χ1n) is 9.86. The highest BCUT2D eigenvalue weighted by atomic mass is 32.2. The summed E-state index contributed by atoms with van der Waals surface area (Å²) in [6.45, 7) is 1.94. The van der Waals surface area contributed by atoms with E-state index in [0.717, 1.165) is 5.56 Å². The van der Waals surface area contributed by atoms with Gasteiger partial charge in [-0.25, -0.2) is 23.9 Å². The minimum absolute atomic E-state index is 0.185. The Balaban J connectivity index is 1.51. The summed E-state index contributed by atoms with van der Waals surface area (Å²) in [7, 11) is 0. The fourth-order valence-electron chi connectivity index (χ4n) is 3.27. The van der Waals surface area contributed by atoms with E-state index in [1.54, 1.807) is 30.5 Å². The second-order valence-electron chi connectivity index (χ2n) is 7.19. The molecular weight excluding hydrogens is 427 g/mol. The maximum absolute atomic E-state index is 13.5. The number of hydrogen-bond acceptors (Lipinski definition) is 6. The predicted molar refractivity (Wildman–Crippen MR) is 121 cm³/mol. The number of benzene rings is 2. The van der Waals surface area contributed by atoms with Crippen LogP contribution >= 0.6 is 11.8 Å². The Kier molecular flexibility index (Phi) is 5.28. The zero-order valence-corrected chi connectivity index (χ0v) is 17.8. The number of rotatable bonds is 5. The molecule has 0 spiro atoms. The van der Waals surface area contributed by atoms with Crippen molar-refractivity contribution in [3.8, 4) is 17.3 Å². The largest absolute Gasteiger partial charge is 0.444 e. The third-order valence-electron chi connectivity index (χ3n) is 4.84. The monoisotopic (exact) mass is 444 g/mol. The molecule has 0 amide bonds. The molecule has 0 aliphatic carbocycles. The maximum atomic E-state index is 13.5. The molecule has 5 aromatic rings. The number of pyridine rings is 1. The highest BCUT2D eigenvalue weighted by molar-refractivity contribution is 7.98. The van der Waals surface area contributed by atoms with Crippen LogP contribution in [0.3, 0.4) is 0 Å². The van der Waals surface area contributed by atoms with Crippen LogP contribution in [0.2, 0.25) is 0 Å². The van der Waals surface area contributed by atoms with Crippen LogP contribution in [0.4, 0.5) is 4.39 Å². The summed E-state index contributed by atoms with van der Waals surface area (Å²) in [5.41, 5.74) is 2.64. The third kappa shape index (κ3) is 3.92. The minimum atomic E-state index is -0.355. The van der Waals surface area contributed by atoms with Gasteiger partial charge in [0, 0.05) is 17.5 Å². The average Bonchev–Trinajstić information content (AvgIpc) is 3.28. The molecule has 3 heterocycles. The summed E-state index contributed by atoms with van der Waals surface area (Å²) < 4.78 is 20.5. The Morgan fingerprint density at radius 2 is 1.94 bits per heavy atom. The molecule has 32 heavy (non-hydrogen) atoms. The van der Waals surface area contributed by atoms with Crippen LogP contribution in [-0.2, 0) is 5.75 Å². The van der Waals surface area contributed by atoms with Crippen molar-refractivity contribution in [1.82, 2.24) is 19.5 Å². The van der Waals surface area contributed by atoms with E-state index < -0.39 is 0 Å². The summed E-state index contributed by atoms with van der Waals surface area (Å²) in [5, 5.41) is 1.02. The summed E-state index contributed by atoms with van der Waals surface area (Å²) in [6, 6.07) is 17.0. The van der Waals surface area contributed by atoms with Gasteiger partial charge in [-0.3, -0.25) is 4.79 Å². The summed E-state index contributed by atoms with van der Waals surface area (Å²) >= 11 is 1.36. The number of aryl methyl sites for hydroxylation is 1. The van der Waals surface area contributed by atoms with E-state index in [9.17, 15) is 9.18 Å². The number of hydrogen-bond donors (Lipinski definition) is 0. The summed E-state index contributed by atoms with van der Waals surface area (Å²) in [4.78, 5) is 26.8. The van der Waals surface area contributed by atoms with Crippen LogP contribution in [-0.4, -0.2) is 19.5 Å². The van der Waals surface area contributed by atoms with E-state index in [4.69, 9.17) is 9.40 Å². The van der Waals surface area contributed by atoms with E-state index in [-0.39, 0.29) is 11.4 Å². The van der Waals surface area contributed by atoms with Crippen LogP contribution in [0.25, 0.3) is 28.2 Å². The number of nitrogens with zero attached hydrogens (tertiary/aromatic N) is 4. The molecule has 0 N–H and O–H groups in total. The molecule has 0 aliphatic heterocycles. The molecule has 0 aliphatic rings. The van der Waals surface area contributed by atoms with Gasteiger partial charge >= 0.3 is 0 Å². The molecule has 6 nitrogen and oxygen atoms in total. The van der Waals surface area contributed by atoms with Crippen molar-refractivity contribution in [1.29, 1.82) is 0 Å². The lowest BCUT2D eigenvalue weighted by Crippen LogP contribution is -2.22. The first-order chi connectivity index (χ1) is 15.6. The first kappa shape index (κ1) is 20.1. The smallest absolute Gasteiger partial charge is 0.267 e. The van der Waals surface area contributed by atoms with Gasteiger partial charge in [-0.1, -0.05) is 36.0 Å². The normalized spacial score (nSPS) is 11.2. The molecule has 5 rings (SSSR count). The zero-order chi connectivity index (χ0) is 22.1. The van der Waals surface area contributed by atoms with Gasteiger partial charge < -0.3 is 4.42 Å². The zero-order valence-electron chi connectivity index (χ0n) is 17.0. The van der Waals surface area contributed by atoms with Crippen LogP contribution in [0.5, 0.6) is 0 Å². The first-order valence-corrected chi connectivity index (χ1v) is 10.8. The van der Waals surface area contributed by atoms with E-state index in [1.807, 2.05) is 31.2 Å². The second-order valence-corrected chi connectivity index (χ2v) is 8.13. The van der Waals surface area contributed by atoms with Gasteiger partial charge in [0.15, 0.2) is 5.16 Å². The van der Waals surface area contributed by atoms with Crippen LogP contribution < -0.4 is 5.56 Å². The predicted octanol–water partition coefficient (Wildman–Crippen LogP) is 5.18. The Morgan fingerprint density at radius 3 is 2.75 bits per heavy atom. The van der Waals surface area contributed by atoms with Gasteiger partial charge in [-0.2, -0.15) is 0 Å². The third-order valence-corrected chi connectivity index (χ3v) is 5.81. The van der Waals surface area contributed by atoms with Gasteiger partial charge in [-0.15, -0.1) is 0 Å². The Hall–Kier alpha value is -3.78. The molecule has 8 heteroatoms. The molecule has 0 bridgehead atoms. The SMILES string of the molecule is Cc1ccc(-n2c(SCc3coc(-c4cccc(F)c4)n3)nc3ccccc3c2=O)nc1. The maximum Gasteiger partial charge on any atom is 0.267 e. The van der Waals surface area contributed by atoms with Gasteiger partial charge in [-0.05, 0) is 48.9 Å². The lowest BCUT2D eigenvalue weighted by Gasteiger charge is -2.12. The number of halogens is 1. The van der Waals surface area contributed by atoms with Crippen LogP contribution in [0.15, 0.2) is 87.5 Å². The molecule has 0 saturated carbocycles. The molecule has 3 aromatic heterocycles. The average molecular weight is 444 g/mol. The lowest BCUT2D eigenvalue weighted by atomic mass is 10.2. The van der Waals surface area contributed by atoms with Gasteiger partial charge in [0.1, 0.15) is 17.9 Å². The number of oxazole rings is 1. The van der Waals surface area contributed by atoms with Crippen molar-refractivity contribution in [3.05, 3.63) is 101 Å². The van der Waals surface area contributed by atoms with Gasteiger partial charge in [0.25, 0.3) is 5.56 Å². The summed E-state index contributed by atoms with van der Waals surface area (Å²) in [6.07, 6.45) is 3.25. The molecule has 0 fully saturated rings. The van der Waals surface area contributed by atoms with E-state index in [1.165, 1.54) is 34.7 Å². The van der Waals surface area contributed by atoms with Crippen LogP contribution in [0.1, 0.15) is 11.3 Å². The molecular formula is C24H17FN4O2S. The van der Waals surface area contributed by atoms with Crippen molar-refractivity contribution in [2.45, 2.75) is 17.8 Å². The lowest BCUT2D eigenvalue weighted by molar-refractivity contribution is 0.571. The molecule has 0 saturated heterocycles. The van der Waals surface area contributed by atoms with Gasteiger partial charge in [0.2, 0.25) is 5.89 Å². The second kappa shape index (κ2) is 8.39. The molecule has 2 aromatic carbocycles. The number of fused-ring (bicyclic) bond motifs is 1. The fourth-order valence-corrected chi connectivity index (χ4v) is 4.15. The number of para-hydroxylation sites is 1. The number of thioether (sulfide) groups is 1. The van der Waals surface area contributed by atoms with E-state index >= 15 is 0 Å². The Bertz CT molecular complexity index is 1480. The summed E-state index contributed by atoms with van der Waals surface area (Å²) in [5.74, 6) is 0.896. The molecule has 0 radical (unpaired) electrons. The van der Waals surface area contributed by atoms with E-state index in [2.05, 4.69) is 9.97 Å². The molecule has 158 valence electrons. The Morgan fingerprint density at radius 1 is 1.06 bits per heavy atom. The van der Waals surface area contributed by atoms with E-state index in [0.29, 0.717) is 44.8 Å². The highest BCUT2D eigenvalue weighted by Crippen LogP contribution is 2.26. The topological polar surface area (TPSA) is 73.8 Å². The highest BCUT2D eigenvalue weighted by Gasteiger charge is 2.15. The van der Waals surface area contributed by atoms with Crippen LogP contribution in [0, 0.1) is 12.7 Å². The number of aromatic nitrogens is 4. The van der Waals surface area contributed by atoms with Crippen molar-refractivity contribution in [2.75, 3.05) is 0 Å². The van der Waals surface area contributed by atoms with Crippen molar-refractivity contribution >= 4 is 22.7 Å². The quantitative estimate of drug-likeness (QED) is 0.275. The minimum Gasteiger partial charge on any atom is -0.444 e. The fraction of sp³-hybridized carbons (Fsp3) is 0.0833. The molecule has 0 unspecified atom stereocenters. The Labute approximate surface area is 186 Å². The standard InChI is InChI=1S/C24H17FN4O2S/c1-15-9-10-21(26-12-15)29-23(30)19-7-2-3-8-20(19)28-24(29)32-14-18-13-31-22(27-18)16-5-4-6-17(25)11-16/h2-13H,14H2,1H3. The van der Waals surface area contributed by atoms with Crippen molar-refractivity contribution < 1.29 is 8.81 Å². The molecule has 0 atom stereocenters. The van der Waals surface area contributed by atoms with Crippen molar-refractivity contribution in [2.24, 2.45) is 0 Å². The van der Waals surface area contributed by atoms with Crippen molar-refractivity contribution in [3.63, 3.8) is 0 Å².